The molecule has 0 aliphatic rings. The standard InChI is InChI=1S/C34H54O6SSi/c1-27(35)23-29-17-13-18-30(24-29)34(7,31(36)39-25-28-15-11-10-12-16-28)20-14-19-33(5,6)26-41(37,38)22-21-40-42(8,9)32(2,3)4/h10-13,15-18,24,27,35H,14,19-23,25-26H2,1-9H3/t27-,34-/m1/s1. The van der Waals surface area contributed by atoms with Gasteiger partial charge in [-0.1, -0.05) is 95.6 Å². The van der Waals surface area contributed by atoms with Gasteiger partial charge < -0.3 is 14.3 Å². The topological polar surface area (TPSA) is 89.9 Å². The van der Waals surface area contributed by atoms with Crippen LogP contribution < -0.4 is 0 Å². The summed E-state index contributed by atoms with van der Waals surface area (Å²) in [6.07, 6.45) is 1.81. The zero-order chi connectivity index (χ0) is 31.8. The van der Waals surface area contributed by atoms with E-state index in [1.807, 2.05) is 75.4 Å². The molecular formula is C34H54O6SSi. The van der Waals surface area contributed by atoms with Gasteiger partial charge in [-0.2, -0.15) is 0 Å². The Bertz CT molecular complexity index is 1250. The van der Waals surface area contributed by atoms with Crippen molar-refractivity contribution in [1.29, 1.82) is 0 Å². The molecule has 2 atom stereocenters. The van der Waals surface area contributed by atoms with E-state index in [0.29, 0.717) is 25.7 Å². The molecule has 0 heterocycles. The highest BCUT2D eigenvalue weighted by Gasteiger charge is 2.39. The molecule has 0 aliphatic carbocycles. The van der Waals surface area contributed by atoms with Crippen LogP contribution in [0, 0.1) is 5.41 Å². The third kappa shape index (κ3) is 11.2. The lowest BCUT2D eigenvalue weighted by atomic mass is 9.75. The van der Waals surface area contributed by atoms with Crippen molar-refractivity contribution in [2.45, 2.75) is 110 Å². The number of aliphatic hydroxyl groups is 1. The second-order valence-corrected chi connectivity index (χ2v) is 21.4. The minimum absolute atomic E-state index is 0.0164. The fourth-order valence-electron chi connectivity index (χ4n) is 4.93. The molecule has 6 nitrogen and oxygen atoms in total. The number of hydrogen-bond donors (Lipinski definition) is 1. The van der Waals surface area contributed by atoms with Gasteiger partial charge >= 0.3 is 5.97 Å². The second kappa shape index (κ2) is 14.6. The first kappa shape index (κ1) is 36.2. The molecule has 0 radical (unpaired) electrons. The van der Waals surface area contributed by atoms with Gasteiger partial charge in [0, 0.05) is 6.61 Å². The third-order valence-electron chi connectivity index (χ3n) is 8.56. The van der Waals surface area contributed by atoms with Crippen LogP contribution in [0.5, 0.6) is 0 Å². The lowest BCUT2D eigenvalue weighted by Crippen LogP contribution is -2.42. The van der Waals surface area contributed by atoms with Crippen molar-refractivity contribution in [3.05, 3.63) is 71.3 Å². The number of hydrogen-bond acceptors (Lipinski definition) is 6. The molecule has 236 valence electrons. The summed E-state index contributed by atoms with van der Waals surface area (Å²) in [6, 6.07) is 17.4. The number of ether oxygens (including phenoxy) is 1. The summed E-state index contributed by atoms with van der Waals surface area (Å²) in [6.45, 7) is 18.7. The highest BCUT2D eigenvalue weighted by Crippen LogP contribution is 2.37. The SMILES string of the molecule is C[C@@H](O)Cc1cccc([C@@](C)(CCCC(C)(C)CS(=O)(=O)CCO[Si](C)(C)C(C)(C)C)C(=O)OCc2ccccc2)c1. The highest BCUT2D eigenvalue weighted by atomic mass is 32.2. The zero-order valence-corrected chi connectivity index (χ0v) is 29.1. The van der Waals surface area contributed by atoms with Gasteiger partial charge in [-0.3, -0.25) is 4.79 Å². The molecular weight excluding hydrogens is 565 g/mol. The molecule has 0 spiro atoms. The van der Waals surface area contributed by atoms with Crippen molar-refractivity contribution in [3.8, 4) is 0 Å². The fourth-order valence-corrected chi connectivity index (χ4v) is 7.94. The zero-order valence-electron chi connectivity index (χ0n) is 27.3. The van der Waals surface area contributed by atoms with Crippen LogP contribution >= 0.6 is 0 Å². The summed E-state index contributed by atoms with van der Waals surface area (Å²) in [4.78, 5) is 13.6. The summed E-state index contributed by atoms with van der Waals surface area (Å²) in [5.41, 5.74) is 1.33. The first-order valence-corrected chi connectivity index (χ1v) is 19.8. The van der Waals surface area contributed by atoms with Crippen LogP contribution in [0.3, 0.4) is 0 Å². The predicted molar refractivity (Wildman–Crippen MR) is 175 cm³/mol. The molecule has 1 N–H and O–H groups in total. The van der Waals surface area contributed by atoms with Gasteiger partial charge in [0.15, 0.2) is 18.2 Å². The van der Waals surface area contributed by atoms with Crippen molar-refractivity contribution in [1.82, 2.24) is 0 Å². The first-order chi connectivity index (χ1) is 19.3. The minimum atomic E-state index is -3.32. The van der Waals surface area contributed by atoms with Crippen LogP contribution in [-0.4, -0.2) is 52.0 Å². The van der Waals surface area contributed by atoms with E-state index in [9.17, 15) is 18.3 Å². The Kier molecular flexibility index (Phi) is 12.6. The van der Waals surface area contributed by atoms with Crippen LogP contribution in [0.15, 0.2) is 54.6 Å². The van der Waals surface area contributed by atoms with E-state index in [4.69, 9.17) is 9.16 Å². The van der Waals surface area contributed by atoms with E-state index >= 15 is 0 Å². The number of benzene rings is 2. The number of carbonyl (C=O) groups is 1. The minimum Gasteiger partial charge on any atom is -0.460 e. The molecule has 0 amide bonds. The van der Waals surface area contributed by atoms with Crippen molar-refractivity contribution in [2.75, 3.05) is 18.1 Å². The molecule has 8 heteroatoms. The Morgan fingerprint density at radius 2 is 1.55 bits per heavy atom. The van der Waals surface area contributed by atoms with E-state index in [-0.39, 0.29) is 35.7 Å². The number of rotatable bonds is 16. The maximum atomic E-state index is 13.6. The van der Waals surface area contributed by atoms with Crippen molar-refractivity contribution < 1.29 is 27.5 Å². The normalized spacial score (nSPS) is 15.2. The third-order valence-corrected chi connectivity index (χ3v) is 15.1. The second-order valence-electron chi connectivity index (χ2n) is 14.4. The Labute approximate surface area is 256 Å². The van der Waals surface area contributed by atoms with E-state index in [1.54, 1.807) is 6.92 Å². The van der Waals surface area contributed by atoms with Gasteiger partial charge in [0.05, 0.1) is 23.0 Å². The summed E-state index contributed by atoms with van der Waals surface area (Å²) in [5, 5.41) is 9.95. The molecule has 0 unspecified atom stereocenters. The van der Waals surface area contributed by atoms with Crippen molar-refractivity contribution in [3.63, 3.8) is 0 Å². The monoisotopic (exact) mass is 618 g/mol. The number of esters is 1. The van der Waals surface area contributed by atoms with E-state index < -0.39 is 35.1 Å². The lowest BCUT2D eigenvalue weighted by molar-refractivity contribution is -0.151. The molecule has 2 rings (SSSR count). The molecule has 0 aromatic heterocycles. The van der Waals surface area contributed by atoms with Gasteiger partial charge in [0.25, 0.3) is 0 Å². The largest absolute Gasteiger partial charge is 0.460 e. The molecule has 0 fully saturated rings. The quantitative estimate of drug-likeness (QED) is 0.158. The Morgan fingerprint density at radius 1 is 0.929 bits per heavy atom. The highest BCUT2D eigenvalue weighted by molar-refractivity contribution is 7.91. The summed E-state index contributed by atoms with van der Waals surface area (Å²) in [7, 11) is -5.33. The van der Waals surface area contributed by atoms with Gasteiger partial charge in [0.2, 0.25) is 0 Å². The average Bonchev–Trinajstić information content (AvgIpc) is 2.85. The van der Waals surface area contributed by atoms with Crippen molar-refractivity contribution in [2.24, 2.45) is 5.41 Å². The van der Waals surface area contributed by atoms with E-state index in [1.165, 1.54) is 0 Å². The van der Waals surface area contributed by atoms with Gasteiger partial charge in [-0.05, 0) is 73.3 Å². The smallest absolute Gasteiger partial charge is 0.316 e. The maximum Gasteiger partial charge on any atom is 0.316 e. The number of carbonyl (C=O) groups excluding carboxylic acids is 1. The Balaban J connectivity index is 2.12. The summed E-state index contributed by atoms with van der Waals surface area (Å²) >= 11 is 0. The Hall–Kier alpha value is -2.00. The van der Waals surface area contributed by atoms with Gasteiger partial charge in [0.1, 0.15) is 6.61 Å². The van der Waals surface area contributed by atoms with Crippen LogP contribution in [0.1, 0.15) is 84.4 Å². The van der Waals surface area contributed by atoms with Gasteiger partial charge in [-0.25, -0.2) is 8.42 Å². The lowest BCUT2D eigenvalue weighted by Gasteiger charge is -2.36. The molecule has 0 saturated carbocycles. The molecule has 0 bridgehead atoms. The van der Waals surface area contributed by atoms with Crippen LogP contribution in [0.4, 0.5) is 0 Å². The molecule has 2 aromatic rings. The maximum absolute atomic E-state index is 13.6. The summed E-state index contributed by atoms with van der Waals surface area (Å²) < 4.78 is 38.1. The molecule has 0 saturated heterocycles. The van der Waals surface area contributed by atoms with Gasteiger partial charge in [-0.15, -0.1) is 0 Å². The number of aliphatic hydroxyl groups excluding tert-OH is 1. The first-order valence-electron chi connectivity index (χ1n) is 15.1. The number of sulfone groups is 1. The predicted octanol–water partition coefficient (Wildman–Crippen LogP) is 7.24. The Morgan fingerprint density at radius 3 is 2.14 bits per heavy atom. The summed E-state index contributed by atoms with van der Waals surface area (Å²) in [5.74, 6) is -0.226. The van der Waals surface area contributed by atoms with Crippen molar-refractivity contribution >= 4 is 24.1 Å². The van der Waals surface area contributed by atoms with Crippen LogP contribution in [-0.2, 0) is 42.2 Å². The van der Waals surface area contributed by atoms with Crippen LogP contribution in [0.25, 0.3) is 0 Å². The van der Waals surface area contributed by atoms with E-state index in [0.717, 1.165) is 16.7 Å². The molecule has 2 aromatic carbocycles. The average molecular weight is 619 g/mol. The molecule has 0 aliphatic heterocycles. The van der Waals surface area contributed by atoms with E-state index in [2.05, 4.69) is 33.9 Å². The van der Waals surface area contributed by atoms with Crippen LogP contribution in [0.2, 0.25) is 18.1 Å². The fraction of sp³-hybridized carbons (Fsp3) is 0.618. The molecule has 42 heavy (non-hydrogen) atoms.